The molecule has 30 heavy (non-hydrogen) atoms. The Labute approximate surface area is 183 Å². The molecule has 0 radical (unpaired) electrons. The second-order valence-corrected chi connectivity index (χ2v) is 9.78. The van der Waals surface area contributed by atoms with Gasteiger partial charge in [0.15, 0.2) is 5.69 Å². The summed E-state index contributed by atoms with van der Waals surface area (Å²) in [6.45, 7) is 2.87. The van der Waals surface area contributed by atoms with Crippen LogP contribution in [0.2, 0.25) is 0 Å². The van der Waals surface area contributed by atoms with E-state index in [0.717, 1.165) is 10.2 Å². The number of carbonyl (C=O) groups excluding carboxylic acids is 1. The number of hydrogen-bond donors (Lipinski definition) is 0. The fourth-order valence-corrected chi connectivity index (χ4v) is 5.23. The van der Waals surface area contributed by atoms with Crippen molar-refractivity contribution in [3.63, 3.8) is 0 Å². The predicted molar refractivity (Wildman–Crippen MR) is 115 cm³/mol. The van der Waals surface area contributed by atoms with Crippen LogP contribution in [0.4, 0.5) is 0 Å². The van der Waals surface area contributed by atoms with Gasteiger partial charge in [-0.25, -0.2) is 13.1 Å². The van der Waals surface area contributed by atoms with Crippen molar-refractivity contribution in [3.8, 4) is 5.69 Å². The van der Waals surface area contributed by atoms with Gasteiger partial charge >= 0.3 is 0 Å². The van der Waals surface area contributed by atoms with E-state index >= 15 is 0 Å². The molecule has 1 aliphatic rings. The highest BCUT2D eigenvalue weighted by Crippen LogP contribution is 2.20. The van der Waals surface area contributed by atoms with Crippen LogP contribution < -0.4 is 0 Å². The fourth-order valence-electron chi connectivity index (χ4n) is 3.40. The van der Waals surface area contributed by atoms with Gasteiger partial charge in [0.1, 0.15) is 0 Å². The molecular formula is C20H20BrN5O3S. The van der Waals surface area contributed by atoms with Gasteiger partial charge in [-0.2, -0.15) is 4.31 Å². The smallest absolute Gasteiger partial charge is 0.276 e. The van der Waals surface area contributed by atoms with Crippen molar-refractivity contribution >= 4 is 31.9 Å². The van der Waals surface area contributed by atoms with Crippen LogP contribution in [0.5, 0.6) is 0 Å². The van der Waals surface area contributed by atoms with Crippen LogP contribution in [0.3, 0.4) is 0 Å². The molecule has 10 heteroatoms. The largest absolute Gasteiger partial charge is 0.335 e. The summed E-state index contributed by atoms with van der Waals surface area (Å²) in [4.78, 5) is 14.9. The summed E-state index contributed by atoms with van der Waals surface area (Å²) in [5, 5.41) is 8.22. The lowest BCUT2D eigenvalue weighted by Crippen LogP contribution is -2.50. The van der Waals surface area contributed by atoms with Crippen molar-refractivity contribution < 1.29 is 13.2 Å². The molecule has 1 aliphatic heterocycles. The van der Waals surface area contributed by atoms with Gasteiger partial charge in [0.2, 0.25) is 10.0 Å². The monoisotopic (exact) mass is 489 g/mol. The number of aromatic nitrogens is 3. The molecule has 1 saturated heterocycles. The zero-order valence-corrected chi connectivity index (χ0v) is 18.7. The molecule has 0 spiro atoms. The van der Waals surface area contributed by atoms with Crippen molar-refractivity contribution in [1.29, 1.82) is 0 Å². The number of halogens is 1. The molecule has 2 aromatic carbocycles. The number of hydrogen-bond acceptors (Lipinski definition) is 5. The van der Waals surface area contributed by atoms with E-state index in [2.05, 4.69) is 26.2 Å². The Balaban J connectivity index is 1.48. The Bertz CT molecular complexity index is 1170. The lowest BCUT2D eigenvalue weighted by molar-refractivity contribution is 0.0691. The number of benzene rings is 2. The Morgan fingerprint density at radius 1 is 1.00 bits per heavy atom. The van der Waals surface area contributed by atoms with Crippen LogP contribution in [-0.4, -0.2) is 64.7 Å². The first-order chi connectivity index (χ1) is 14.4. The molecule has 1 aromatic heterocycles. The summed E-state index contributed by atoms with van der Waals surface area (Å²) >= 11 is 3.43. The zero-order chi connectivity index (χ0) is 21.3. The second kappa shape index (κ2) is 8.29. The minimum atomic E-state index is -3.56. The first-order valence-electron chi connectivity index (χ1n) is 9.40. The zero-order valence-electron chi connectivity index (χ0n) is 16.3. The maximum absolute atomic E-state index is 13.0. The Hall–Kier alpha value is -2.56. The molecular weight excluding hydrogens is 470 g/mol. The number of piperazine rings is 1. The van der Waals surface area contributed by atoms with Crippen molar-refractivity contribution in [2.45, 2.75) is 11.8 Å². The third kappa shape index (κ3) is 3.90. The van der Waals surface area contributed by atoms with E-state index in [4.69, 9.17) is 0 Å². The summed E-state index contributed by atoms with van der Waals surface area (Å²) in [7, 11) is -3.56. The molecule has 0 aliphatic carbocycles. The number of nitrogens with zero attached hydrogens (tertiary/aromatic N) is 5. The summed E-state index contributed by atoms with van der Waals surface area (Å²) in [6, 6.07) is 15.9. The lowest BCUT2D eigenvalue weighted by atomic mass is 10.2. The van der Waals surface area contributed by atoms with Gasteiger partial charge < -0.3 is 4.90 Å². The first kappa shape index (κ1) is 20.7. The van der Waals surface area contributed by atoms with E-state index in [1.807, 2.05) is 24.3 Å². The molecule has 0 bridgehead atoms. The Kier molecular flexibility index (Phi) is 5.72. The van der Waals surface area contributed by atoms with E-state index < -0.39 is 10.0 Å². The minimum absolute atomic E-state index is 0.238. The Morgan fingerprint density at radius 3 is 2.37 bits per heavy atom. The van der Waals surface area contributed by atoms with Gasteiger partial charge in [0, 0.05) is 30.7 Å². The van der Waals surface area contributed by atoms with E-state index in [1.54, 1.807) is 46.8 Å². The van der Waals surface area contributed by atoms with E-state index in [9.17, 15) is 13.2 Å². The van der Waals surface area contributed by atoms with Gasteiger partial charge in [-0.05, 0) is 37.3 Å². The van der Waals surface area contributed by atoms with Crippen LogP contribution in [0.25, 0.3) is 5.69 Å². The molecule has 2 heterocycles. The predicted octanol–water partition coefficient (Wildman–Crippen LogP) is 2.48. The number of sulfonamides is 1. The number of rotatable bonds is 4. The maximum atomic E-state index is 13.0. The van der Waals surface area contributed by atoms with Crippen molar-refractivity contribution in [1.82, 2.24) is 24.2 Å². The Morgan fingerprint density at radius 2 is 1.70 bits per heavy atom. The van der Waals surface area contributed by atoms with Crippen molar-refractivity contribution in [2.75, 3.05) is 26.2 Å². The first-order valence-corrected chi connectivity index (χ1v) is 11.6. The molecule has 1 amide bonds. The van der Waals surface area contributed by atoms with Gasteiger partial charge in [-0.3, -0.25) is 4.79 Å². The number of amides is 1. The SMILES string of the molecule is Cc1c(C(=O)N2CCN(S(=O)(=O)c3ccccc3)CC2)nnn1-c1cccc(Br)c1. The molecule has 4 rings (SSSR count). The summed E-state index contributed by atoms with van der Waals surface area (Å²) < 4.78 is 29.5. The van der Waals surface area contributed by atoms with Gasteiger partial charge in [0.25, 0.3) is 5.91 Å². The van der Waals surface area contributed by atoms with Crippen LogP contribution in [0, 0.1) is 6.92 Å². The summed E-state index contributed by atoms with van der Waals surface area (Å²) in [5.41, 5.74) is 1.71. The highest BCUT2D eigenvalue weighted by Gasteiger charge is 2.32. The van der Waals surface area contributed by atoms with Crippen LogP contribution in [0.15, 0.2) is 64.0 Å². The lowest BCUT2D eigenvalue weighted by Gasteiger charge is -2.33. The van der Waals surface area contributed by atoms with Crippen LogP contribution in [0.1, 0.15) is 16.2 Å². The third-order valence-electron chi connectivity index (χ3n) is 5.06. The maximum Gasteiger partial charge on any atom is 0.276 e. The standard InChI is InChI=1S/C20H20BrN5O3S/c1-15-19(22-23-26(15)17-7-5-6-16(21)14-17)20(27)24-10-12-25(13-11-24)30(28,29)18-8-3-2-4-9-18/h2-9,14H,10-13H2,1H3. The van der Waals surface area contributed by atoms with E-state index in [1.165, 1.54) is 4.31 Å². The molecule has 3 aromatic rings. The minimum Gasteiger partial charge on any atom is -0.335 e. The highest BCUT2D eigenvalue weighted by molar-refractivity contribution is 9.10. The molecule has 0 saturated carbocycles. The van der Waals surface area contributed by atoms with Gasteiger partial charge in [-0.15, -0.1) is 5.10 Å². The average molecular weight is 490 g/mol. The van der Waals surface area contributed by atoms with Crippen LogP contribution in [-0.2, 0) is 10.0 Å². The third-order valence-corrected chi connectivity index (χ3v) is 7.46. The average Bonchev–Trinajstić information content (AvgIpc) is 3.15. The summed E-state index contributed by atoms with van der Waals surface area (Å²) in [6.07, 6.45) is 0. The fraction of sp³-hybridized carbons (Fsp3) is 0.250. The van der Waals surface area contributed by atoms with E-state index in [0.29, 0.717) is 18.8 Å². The van der Waals surface area contributed by atoms with Crippen molar-refractivity contribution in [3.05, 3.63) is 70.5 Å². The quantitative estimate of drug-likeness (QED) is 0.561. The molecule has 0 N–H and O–H groups in total. The summed E-state index contributed by atoms with van der Waals surface area (Å²) in [5.74, 6) is -0.245. The van der Waals surface area contributed by atoms with Gasteiger partial charge in [-0.1, -0.05) is 45.4 Å². The topological polar surface area (TPSA) is 88.4 Å². The molecule has 0 unspecified atom stereocenters. The van der Waals surface area contributed by atoms with Crippen molar-refractivity contribution in [2.24, 2.45) is 0 Å². The number of carbonyl (C=O) groups is 1. The molecule has 156 valence electrons. The van der Waals surface area contributed by atoms with Gasteiger partial charge in [0.05, 0.1) is 16.3 Å². The van der Waals surface area contributed by atoms with E-state index in [-0.39, 0.29) is 29.6 Å². The molecule has 8 nitrogen and oxygen atoms in total. The molecule has 1 fully saturated rings. The highest BCUT2D eigenvalue weighted by atomic mass is 79.9. The second-order valence-electron chi connectivity index (χ2n) is 6.92. The van der Waals surface area contributed by atoms with Crippen LogP contribution >= 0.6 is 15.9 Å². The normalized spacial score (nSPS) is 15.3. The molecule has 0 atom stereocenters.